The van der Waals surface area contributed by atoms with Crippen molar-refractivity contribution in [3.63, 3.8) is 0 Å². The fourth-order valence-electron chi connectivity index (χ4n) is 1.23. The van der Waals surface area contributed by atoms with Crippen molar-refractivity contribution in [3.8, 4) is 0 Å². The molecule has 0 rings (SSSR count). The summed E-state index contributed by atoms with van der Waals surface area (Å²) in [5, 5.41) is 3.27. The van der Waals surface area contributed by atoms with Crippen LogP contribution in [0.2, 0.25) is 0 Å². The van der Waals surface area contributed by atoms with E-state index in [1.54, 1.807) is 0 Å². The van der Waals surface area contributed by atoms with Crippen molar-refractivity contribution < 1.29 is 0 Å². The molecule has 0 fully saturated rings. The molecule has 0 spiro atoms. The standard InChI is InChI=1S/C8H19N/c1-5-8(6-2)7(3)9-4/h7-9H,5-6H2,1-4H3. The van der Waals surface area contributed by atoms with Gasteiger partial charge in [0.2, 0.25) is 0 Å². The van der Waals surface area contributed by atoms with E-state index in [1.807, 2.05) is 7.05 Å². The lowest BCUT2D eigenvalue weighted by Gasteiger charge is -2.19. The van der Waals surface area contributed by atoms with Crippen LogP contribution in [0.4, 0.5) is 0 Å². The summed E-state index contributed by atoms with van der Waals surface area (Å²) in [4.78, 5) is 0. The smallest absolute Gasteiger partial charge is 0.00637 e. The summed E-state index contributed by atoms with van der Waals surface area (Å²) < 4.78 is 0. The first-order chi connectivity index (χ1) is 4.26. The van der Waals surface area contributed by atoms with Gasteiger partial charge in [0.15, 0.2) is 0 Å². The molecule has 0 aromatic heterocycles. The number of rotatable bonds is 4. The molecule has 0 amide bonds. The number of hydrogen-bond acceptors (Lipinski definition) is 1. The van der Waals surface area contributed by atoms with Gasteiger partial charge in [-0.15, -0.1) is 0 Å². The lowest BCUT2D eigenvalue weighted by molar-refractivity contribution is 0.373. The van der Waals surface area contributed by atoms with E-state index >= 15 is 0 Å². The Morgan fingerprint density at radius 2 is 1.67 bits per heavy atom. The molecule has 1 nitrogen and oxygen atoms in total. The first kappa shape index (κ1) is 8.96. The van der Waals surface area contributed by atoms with E-state index in [-0.39, 0.29) is 0 Å². The second-order valence-corrected chi connectivity index (χ2v) is 2.65. The van der Waals surface area contributed by atoms with E-state index in [0.29, 0.717) is 6.04 Å². The van der Waals surface area contributed by atoms with Crippen molar-refractivity contribution >= 4 is 0 Å². The zero-order valence-electron chi connectivity index (χ0n) is 7.07. The molecule has 1 atom stereocenters. The average Bonchev–Trinajstić information content (AvgIpc) is 1.90. The van der Waals surface area contributed by atoms with Gasteiger partial charge in [0.25, 0.3) is 0 Å². The molecule has 0 aliphatic heterocycles. The van der Waals surface area contributed by atoms with Crippen LogP contribution in [0.1, 0.15) is 33.6 Å². The minimum absolute atomic E-state index is 0.681. The van der Waals surface area contributed by atoms with Crippen LogP contribution in [0.25, 0.3) is 0 Å². The van der Waals surface area contributed by atoms with E-state index in [0.717, 1.165) is 5.92 Å². The largest absolute Gasteiger partial charge is 0.317 e. The summed E-state index contributed by atoms with van der Waals surface area (Å²) in [6.07, 6.45) is 2.58. The Hall–Kier alpha value is -0.0400. The van der Waals surface area contributed by atoms with Gasteiger partial charge in [-0.25, -0.2) is 0 Å². The molecule has 0 radical (unpaired) electrons. The fourth-order valence-corrected chi connectivity index (χ4v) is 1.23. The van der Waals surface area contributed by atoms with Crippen molar-refractivity contribution in [3.05, 3.63) is 0 Å². The van der Waals surface area contributed by atoms with E-state index in [2.05, 4.69) is 26.1 Å². The molecular weight excluding hydrogens is 110 g/mol. The van der Waals surface area contributed by atoms with Gasteiger partial charge in [-0.2, -0.15) is 0 Å². The van der Waals surface area contributed by atoms with Crippen LogP contribution in [0.3, 0.4) is 0 Å². The first-order valence-electron chi connectivity index (χ1n) is 3.93. The summed E-state index contributed by atoms with van der Waals surface area (Å²) in [5.74, 6) is 0.856. The minimum atomic E-state index is 0.681. The van der Waals surface area contributed by atoms with Crippen molar-refractivity contribution in [1.29, 1.82) is 0 Å². The van der Waals surface area contributed by atoms with Gasteiger partial charge in [0.05, 0.1) is 0 Å². The van der Waals surface area contributed by atoms with Crippen LogP contribution in [0.15, 0.2) is 0 Å². The Bertz CT molecular complexity index is 57.6. The zero-order chi connectivity index (χ0) is 7.28. The monoisotopic (exact) mass is 129 g/mol. The van der Waals surface area contributed by atoms with Crippen molar-refractivity contribution in [2.45, 2.75) is 39.7 Å². The Labute approximate surface area is 58.8 Å². The van der Waals surface area contributed by atoms with Crippen LogP contribution in [0.5, 0.6) is 0 Å². The van der Waals surface area contributed by atoms with E-state index in [4.69, 9.17) is 0 Å². The van der Waals surface area contributed by atoms with E-state index < -0.39 is 0 Å². The molecule has 56 valence electrons. The first-order valence-corrected chi connectivity index (χ1v) is 3.93. The topological polar surface area (TPSA) is 12.0 Å². The number of hydrogen-bond donors (Lipinski definition) is 1. The van der Waals surface area contributed by atoms with Crippen LogP contribution < -0.4 is 5.32 Å². The molecular formula is C8H19N. The molecule has 0 aliphatic carbocycles. The maximum atomic E-state index is 3.27. The molecule has 0 heterocycles. The van der Waals surface area contributed by atoms with E-state index in [1.165, 1.54) is 12.8 Å². The van der Waals surface area contributed by atoms with Gasteiger partial charge in [-0.05, 0) is 19.9 Å². The molecule has 1 N–H and O–H groups in total. The fraction of sp³-hybridized carbons (Fsp3) is 1.00. The highest BCUT2D eigenvalue weighted by Gasteiger charge is 2.09. The van der Waals surface area contributed by atoms with Gasteiger partial charge in [0.1, 0.15) is 0 Å². The van der Waals surface area contributed by atoms with E-state index in [9.17, 15) is 0 Å². The summed E-state index contributed by atoms with van der Waals surface area (Å²) in [6.45, 7) is 6.75. The van der Waals surface area contributed by atoms with Crippen molar-refractivity contribution in [1.82, 2.24) is 5.32 Å². The second-order valence-electron chi connectivity index (χ2n) is 2.65. The highest BCUT2D eigenvalue weighted by atomic mass is 14.9. The number of nitrogens with one attached hydrogen (secondary N) is 1. The molecule has 0 aliphatic rings. The molecule has 1 unspecified atom stereocenters. The lowest BCUT2D eigenvalue weighted by Crippen LogP contribution is -2.29. The average molecular weight is 129 g/mol. The summed E-state index contributed by atoms with van der Waals surface area (Å²) >= 11 is 0. The maximum absolute atomic E-state index is 3.27. The third-order valence-corrected chi connectivity index (χ3v) is 2.21. The van der Waals surface area contributed by atoms with Crippen LogP contribution in [0, 0.1) is 5.92 Å². The second kappa shape index (κ2) is 4.80. The SMILES string of the molecule is CCC(CC)C(C)NC. The van der Waals surface area contributed by atoms with Crippen molar-refractivity contribution in [2.24, 2.45) is 5.92 Å². The van der Waals surface area contributed by atoms with Crippen molar-refractivity contribution in [2.75, 3.05) is 7.05 Å². The molecule has 0 aromatic rings. The van der Waals surface area contributed by atoms with Gasteiger partial charge >= 0.3 is 0 Å². The predicted molar refractivity (Wildman–Crippen MR) is 42.6 cm³/mol. The summed E-state index contributed by atoms with van der Waals surface area (Å²) in [6, 6.07) is 0.681. The van der Waals surface area contributed by atoms with Crippen LogP contribution >= 0.6 is 0 Å². The quantitative estimate of drug-likeness (QED) is 0.612. The summed E-state index contributed by atoms with van der Waals surface area (Å²) in [5.41, 5.74) is 0. The molecule has 0 saturated heterocycles. The summed E-state index contributed by atoms with van der Waals surface area (Å²) in [7, 11) is 2.03. The third-order valence-electron chi connectivity index (χ3n) is 2.21. The van der Waals surface area contributed by atoms with Gasteiger partial charge < -0.3 is 5.32 Å². The highest BCUT2D eigenvalue weighted by molar-refractivity contribution is 4.66. The molecule has 0 aromatic carbocycles. The minimum Gasteiger partial charge on any atom is -0.317 e. The molecule has 0 bridgehead atoms. The highest BCUT2D eigenvalue weighted by Crippen LogP contribution is 2.11. The Morgan fingerprint density at radius 1 is 1.22 bits per heavy atom. The van der Waals surface area contributed by atoms with Crippen LogP contribution in [-0.4, -0.2) is 13.1 Å². The Balaban J connectivity index is 3.50. The van der Waals surface area contributed by atoms with Gasteiger partial charge in [-0.1, -0.05) is 26.7 Å². The molecule has 1 heteroatoms. The molecule has 9 heavy (non-hydrogen) atoms. The predicted octanol–water partition coefficient (Wildman–Crippen LogP) is 2.03. The zero-order valence-corrected chi connectivity index (χ0v) is 7.07. The van der Waals surface area contributed by atoms with Gasteiger partial charge in [-0.3, -0.25) is 0 Å². The Kier molecular flexibility index (Phi) is 4.78. The normalized spacial score (nSPS) is 14.3. The van der Waals surface area contributed by atoms with Crippen LogP contribution in [-0.2, 0) is 0 Å². The molecule has 0 saturated carbocycles. The van der Waals surface area contributed by atoms with Gasteiger partial charge in [0, 0.05) is 6.04 Å². The lowest BCUT2D eigenvalue weighted by atomic mass is 9.96. The Morgan fingerprint density at radius 3 is 1.78 bits per heavy atom. The third kappa shape index (κ3) is 2.85. The maximum Gasteiger partial charge on any atom is 0.00637 e.